The van der Waals surface area contributed by atoms with Crippen molar-refractivity contribution < 1.29 is 22.7 Å². The van der Waals surface area contributed by atoms with E-state index < -0.39 is 15.7 Å². The molecule has 0 bridgehead atoms. The van der Waals surface area contributed by atoms with E-state index >= 15 is 0 Å². The topological polar surface area (TPSA) is 63.6 Å². The lowest BCUT2D eigenvalue weighted by molar-refractivity contribution is 0.305. The number of hydrogen-bond acceptors (Lipinski definition) is 4. The molecular weight excluding hydrogens is 271 g/mol. The molecule has 0 aromatic heterocycles. The third-order valence-corrected chi connectivity index (χ3v) is 3.02. The molecule has 0 aliphatic heterocycles. The van der Waals surface area contributed by atoms with Gasteiger partial charge in [0.25, 0.3) is 0 Å². The Hall–Kier alpha value is -1.58. The SMILES string of the molecule is CS(=O)(=O)CCOc1ccc(F)cc1C#CCCO. The first kappa shape index (κ1) is 15.5. The number of aliphatic hydroxyl groups is 1. The maximum absolute atomic E-state index is 13.1. The molecule has 1 N–H and O–H groups in total. The minimum absolute atomic E-state index is 0.0147. The van der Waals surface area contributed by atoms with Crippen LogP contribution in [0.2, 0.25) is 0 Å². The van der Waals surface area contributed by atoms with Crippen molar-refractivity contribution in [3.05, 3.63) is 29.6 Å². The molecule has 1 aromatic rings. The van der Waals surface area contributed by atoms with Crippen LogP contribution < -0.4 is 4.74 Å². The van der Waals surface area contributed by atoms with Crippen LogP contribution in [0.1, 0.15) is 12.0 Å². The van der Waals surface area contributed by atoms with Gasteiger partial charge in [0.2, 0.25) is 0 Å². The predicted octanol–water partition coefficient (Wildman–Crippen LogP) is 0.983. The van der Waals surface area contributed by atoms with Gasteiger partial charge in [-0.15, -0.1) is 0 Å². The average Bonchev–Trinajstić information content (AvgIpc) is 2.30. The molecule has 1 rings (SSSR count). The van der Waals surface area contributed by atoms with Crippen LogP contribution in [-0.2, 0) is 9.84 Å². The fraction of sp³-hybridized carbons (Fsp3) is 0.385. The van der Waals surface area contributed by atoms with Gasteiger partial charge in [0.05, 0.1) is 17.9 Å². The molecule has 0 radical (unpaired) electrons. The normalized spacial score (nSPS) is 10.7. The van der Waals surface area contributed by atoms with Crippen LogP contribution in [0.5, 0.6) is 5.75 Å². The Morgan fingerprint density at radius 2 is 2.16 bits per heavy atom. The second-order valence-electron chi connectivity index (χ2n) is 3.89. The third kappa shape index (κ3) is 6.22. The average molecular weight is 286 g/mol. The molecule has 1 aromatic carbocycles. The van der Waals surface area contributed by atoms with Crippen molar-refractivity contribution >= 4 is 9.84 Å². The van der Waals surface area contributed by atoms with Crippen LogP contribution in [0, 0.1) is 17.7 Å². The first-order valence-corrected chi connectivity index (χ1v) is 7.68. The van der Waals surface area contributed by atoms with Crippen molar-refractivity contribution in [2.75, 3.05) is 25.2 Å². The van der Waals surface area contributed by atoms with Gasteiger partial charge in [-0.25, -0.2) is 12.8 Å². The molecule has 6 heteroatoms. The van der Waals surface area contributed by atoms with Crippen molar-refractivity contribution in [3.8, 4) is 17.6 Å². The first-order chi connectivity index (χ1) is 8.92. The van der Waals surface area contributed by atoms with Gasteiger partial charge in [0, 0.05) is 12.7 Å². The summed E-state index contributed by atoms with van der Waals surface area (Å²) >= 11 is 0. The van der Waals surface area contributed by atoms with Gasteiger partial charge in [-0.3, -0.25) is 0 Å². The Kier molecular flexibility index (Phi) is 5.80. The van der Waals surface area contributed by atoms with Crippen LogP contribution in [0.15, 0.2) is 18.2 Å². The number of hydrogen-bond donors (Lipinski definition) is 1. The van der Waals surface area contributed by atoms with E-state index in [1.54, 1.807) is 0 Å². The van der Waals surface area contributed by atoms with Gasteiger partial charge >= 0.3 is 0 Å². The second-order valence-corrected chi connectivity index (χ2v) is 6.15. The van der Waals surface area contributed by atoms with Gasteiger partial charge in [0.1, 0.15) is 18.2 Å². The van der Waals surface area contributed by atoms with E-state index in [2.05, 4.69) is 11.8 Å². The molecule has 0 aliphatic rings. The molecule has 0 spiro atoms. The summed E-state index contributed by atoms with van der Waals surface area (Å²) in [4.78, 5) is 0. The summed E-state index contributed by atoms with van der Waals surface area (Å²) in [6.45, 7) is -0.0915. The molecule has 19 heavy (non-hydrogen) atoms. The molecule has 0 heterocycles. The van der Waals surface area contributed by atoms with Gasteiger partial charge < -0.3 is 9.84 Å². The molecule has 4 nitrogen and oxygen atoms in total. The zero-order valence-corrected chi connectivity index (χ0v) is 11.3. The second kappa shape index (κ2) is 7.12. The first-order valence-electron chi connectivity index (χ1n) is 5.62. The van der Waals surface area contributed by atoms with Gasteiger partial charge in [-0.1, -0.05) is 11.8 Å². The Bertz CT molecular complexity index is 584. The lowest BCUT2D eigenvalue weighted by Crippen LogP contribution is -2.12. The smallest absolute Gasteiger partial charge is 0.150 e. The largest absolute Gasteiger partial charge is 0.491 e. The molecule has 0 unspecified atom stereocenters. The van der Waals surface area contributed by atoms with Crippen molar-refractivity contribution in [2.24, 2.45) is 0 Å². The fourth-order valence-corrected chi connectivity index (χ4v) is 1.63. The maximum Gasteiger partial charge on any atom is 0.150 e. The number of ether oxygens (including phenoxy) is 1. The standard InChI is InChI=1S/C13H15FO4S/c1-19(16,17)9-8-18-13-6-5-12(14)10-11(13)4-2-3-7-15/h5-6,10,15H,3,7-9H2,1H3. The number of aliphatic hydroxyl groups excluding tert-OH is 1. The van der Waals surface area contributed by atoms with Crippen LogP contribution in [0.4, 0.5) is 4.39 Å². The minimum atomic E-state index is -3.10. The molecule has 0 aliphatic carbocycles. The summed E-state index contributed by atoms with van der Waals surface area (Å²) in [6.07, 6.45) is 1.39. The minimum Gasteiger partial charge on any atom is -0.491 e. The van der Waals surface area contributed by atoms with E-state index in [1.165, 1.54) is 18.2 Å². The Morgan fingerprint density at radius 1 is 1.42 bits per heavy atom. The number of rotatable bonds is 5. The number of benzene rings is 1. The Labute approximate surface area is 112 Å². The van der Waals surface area contributed by atoms with Crippen LogP contribution in [-0.4, -0.2) is 38.7 Å². The monoisotopic (exact) mass is 286 g/mol. The number of halogens is 1. The van der Waals surface area contributed by atoms with Gasteiger partial charge in [-0.05, 0) is 18.2 Å². The molecule has 104 valence electrons. The van der Waals surface area contributed by atoms with Crippen molar-refractivity contribution in [1.82, 2.24) is 0 Å². The Morgan fingerprint density at radius 3 is 2.79 bits per heavy atom. The predicted molar refractivity (Wildman–Crippen MR) is 70.2 cm³/mol. The molecule has 0 atom stereocenters. The van der Waals surface area contributed by atoms with E-state index in [0.717, 1.165) is 6.26 Å². The lowest BCUT2D eigenvalue weighted by Gasteiger charge is -2.07. The van der Waals surface area contributed by atoms with Crippen LogP contribution >= 0.6 is 0 Å². The third-order valence-electron chi connectivity index (χ3n) is 2.11. The zero-order valence-electron chi connectivity index (χ0n) is 10.5. The highest BCUT2D eigenvalue weighted by Crippen LogP contribution is 2.18. The van der Waals surface area contributed by atoms with Crippen LogP contribution in [0.25, 0.3) is 0 Å². The summed E-state index contributed by atoms with van der Waals surface area (Å²) in [5, 5.41) is 8.62. The van der Waals surface area contributed by atoms with Crippen molar-refractivity contribution in [1.29, 1.82) is 0 Å². The van der Waals surface area contributed by atoms with Crippen molar-refractivity contribution in [3.63, 3.8) is 0 Å². The lowest BCUT2D eigenvalue weighted by atomic mass is 10.2. The highest BCUT2D eigenvalue weighted by molar-refractivity contribution is 7.90. The van der Waals surface area contributed by atoms with Gasteiger partial charge in [-0.2, -0.15) is 0 Å². The van der Waals surface area contributed by atoms with Crippen LogP contribution in [0.3, 0.4) is 0 Å². The van der Waals surface area contributed by atoms with E-state index in [4.69, 9.17) is 9.84 Å². The van der Waals surface area contributed by atoms with Gasteiger partial charge in [0.15, 0.2) is 9.84 Å². The molecule has 0 amide bonds. The zero-order chi connectivity index (χ0) is 14.3. The highest BCUT2D eigenvalue weighted by Gasteiger charge is 2.06. The van der Waals surface area contributed by atoms with E-state index in [0.29, 0.717) is 11.3 Å². The summed E-state index contributed by atoms with van der Waals surface area (Å²) in [6, 6.07) is 3.83. The summed E-state index contributed by atoms with van der Waals surface area (Å²) in [5.41, 5.74) is 0.335. The highest BCUT2D eigenvalue weighted by atomic mass is 32.2. The quantitative estimate of drug-likeness (QED) is 0.820. The summed E-state index contributed by atoms with van der Waals surface area (Å²) in [7, 11) is -3.10. The van der Waals surface area contributed by atoms with E-state index in [1.807, 2.05) is 0 Å². The van der Waals surface area contributed by atoms with E-state index in [9.17, 15) is 12.8 Å². The summed E-state index contributed by atoms with van der Waals surface area (Å²) in [5.74, 6) is 5.10. The van der Waals surface area contributed by atoms with Crippen molar-refractivity contribution in [2.45, 2.75) is 6.42 Å². The molecule has 0 fully saturated rings. The Balaban J connectivity index is 2.80. The fourth-order valence-electron chi connectivity index (χ4n) is 1.24. The van der Waals surface area contributed by atoms with E-state index in [-0.39, 0.29) is 25.4 Å². The summed E-state index contributed by atoms with van der Waals surface area (Å²) < 4.78 is 40.3. The molecule has 0 saturated heterocycles. The molecular formula is C13H15FO4S. The molecule has 0 saturated carbocycles. The maximum atomic E-state index is 13.1. The number of sulfone groups is 1.